The average molecular weight is 206 g/mol. The molecule has 1 aromatic heterocycles. The van der Waals surface area contributed by atoms with Crippen molar-refractivity contribution in [3.63, 3.8) is 0 Å². The number of hydrogen-bond donors (Lipinski definition) is 0. The summed E-state index contributed by atoms with van der Waals surface area (Å²) in [7, 11) is 0. The molecule has 2 rings (SSSR count). The van der Waals surface area contributed by atoms with Gasteiger partial charge in [0.05, 0.1) is 0 Å². The van der Waals surface area contributed by atoms with Crippen LogP contribution in [0.2, 0.25) is 0 Å². The summed E-state index contributed by atoms with van der Waals surface area (Å²) in [4.78, 5) is 14.1. The predicted octanol–water partition coefficient (Wildman–Crippen LogP) is 1.61. The van der Waals surface area contributed by atoms with Crippen LogP contribution in [0.4, 0.5) is 4.39 Å². The third-order valence-electron chi connectivity index (χ3n) is 1.84. The smallest absolute Gasteiger partial charge is 0.290 e. The molecule has 0 radical (unpaired) electrons. The summed E-state index contributed by atoms with van der Waals surface area (Å²) in [6, 6.07) is 6.10. The monoisotopic (exact) mass is 206 g/mol. The third-order valence-corrected chi connectivity index (χ3v) is 1.84. The Morgan fingerprint density at radius 1 is 1.47 bits per heavy atom. The molecule has 0 fully saturated rings. The standard InChI is InChI=1S/C10H7FN2O2/c11-8-3-1-2-7(4-8)5-9-12-10(6-14)15-13-9/h1-4,6H,5H2. The van der Waals surface area contributed by atoms with E-state index in [4.69, 9.17) is 0 Å². The number of aromatic nitrogens is 2. The van der Waals surface area contributed by atoms with Crippen molar-refractivity contribution in [3.05, 3.63) is 47.4 Å². The van der Waals surface area contributed by atoms with Gasteiger partial charge in [0.15, 0.2) is 5.82 Å². The third kappa shape index (κ3) is 2.25. The lowest BCUT2D eigenvalue weighted by Crippen LogP contribution is -1.91. The summed E-state index contributed by atoms with van der Waals surface area (Å²) in [6.45, 7) is 0. The highest BCUT2D eigenvalue weighted by Gasteiger charge is 2.06. The Balaban J connectivity index is 2.18. The van der Waals surface area contributed by atoms with Gasteiger partial charge < -0.3 is 4.52 Å². The zero-order chi connectivity index (χ0) is 10.7. The van der Waals surface area contributed by atoms with E-state index in [-0.39, 0.29) is 11.7 Å². The molecule has 76 valence electrons. The molecule has 0 aliphatic rings. The fourth-order valence-electron chi connectivity index (χ4n) is 1.22. The van der Waals surface area contributed by atoms with Gasteiger partial charge in [0.25, 0.3) is 5.89 Å². The zero-order valence-corrected chi connectivity index (χ0v) is 7.68. The number of rotatable bonds is 3. The van der Waals surface area contributed by atoms with Gasteiger partial charge in [-0.15, -0.1) is 0 Å². The van der Waals surface area contributed by atoms with Gasteiger partial charge in [-0.1, -0.05) is 17.3 Å². The molecule has 0 bridgehead atoms. The topological polar surface area (TPSA) is 56.0 Å². The van der Waals surface area contributed by atoms with Gasteiger partial charge in [-0.3, -0.25) is 4.79 Å². The summed E-state index contributed by atoms with van der Waals surface area (Å²) in [5, 5.41) is 3.57. The first kappa shape index (κ1) is 9.51. The number of halogens is 1. The van der Waals surface area contributed by atoms with Crippen LogP contribution < -0.4 is 0 Å². The van der Waals surface area contributed by atoms with Crippen molar-refractivity contribution in [2.45, 2.75) is 6.42 Å². The molecule has 0 amide bonds. The van der Waals surface area contributed by atoms with Crippen LogP contribution >= 0.6 is 0 Å². The molecule has 0 aliphatic carbocycles. The van der Waals surface area contributed by atoms with E-state index < -0.39 is 0 Å². The van der Waals surface area contributed by atoms with Crippen molar-refractivity contribution in [1.82, 2.24) is 10.1 Å². The molecule has 5 heteroatoms. The Morgan fingerprint density at radius 2 is 2.33 bits per heavy atom. The number of benzene rings is 1. The second-order valence-corrected chi connectivity index (χ2v) is 2.97. The molecule has 1 heterocycles. The average Bonchev–Trinajstić information content (AvgIpc) is 2.65. The molecule has 0 saturated carbocycles. The molecule has 0 N–H and O–H groups in total. The van der Waals surface area contributed by atoms with Crippen LogP contribution in [-0.2, 0) is 6.42 Å². The van der Waals surface area contributed by atoms with Crippen LogP contribution in [0.15, 0.2) is 28.8 Å². The minimum absolute atomic E-state index is 0.0681. The van der Waals surface area contributed by atoms with Gasteiger partial charge in [0.1, 0.15) is 5.82 Å². The number of aldehydes is 1. The molecule has 4 nitrogen and oxygen atoms in total. The van der Waals surface area contributed by atoms with Gasteiger partial charge in [-0.25, -0.2) is 4.39 Å². The minimum atomic E-state index is -0.313. The normalized spacial score (nSPS) is 10.2. The van der Waals surface area contributed by atoms with Gasteiger partial charge >= 0.3 is 0 Å². The Morgan fingerprint density at radius 3 is 3.00 bits per heavy atom. The fraction of sp³-hybridized carbons (Fsp3) is 0.100. The van der Waals surface area contributed by atoms with E-state index in [0.717, 1.165) is 5.56 Å². The van der Waals surface area contributed by atoms with Crippen molar-refractivity contribution in [3.8, 4) is 0 Å². The molecule has 0 saturated heterocycles. The Hall–Kier alpha value is -2.04. The lowest BCUT2D eigenvalue weighted by Gasteiger charge is -1.95. The van der Waals surface area contributed by atoms with E-state index in [1.807, 2.05) is 0 Å². The first-order valence-electron chi connectivity index (χ1n) is 4.30. The molecule has 0 atom stereocenters. The number of carbonyl (C=O) groups excluding carboxylic acids is 1. The van der Waals surface area contributed by atoms with Crippen LogP contribution in [0.5, 0.6) is 0 Å². The number of hydrogen-bond acceptors (Lipinski definition) is 4. The van der Waals surface area contributed by atoms with Crippen molar-refractivity contribution in [1.29, 1.82) is 0 Å². The van der Waals surface area contributed by atoms with Crippen molar-refractivity contribution in [2.75, 3.05) is 0 Å². The van der Waals surface area contributed by atoms with Gasteiger partial charge in [0, 0.05) is 6.42 Å². The Labute approximate surface area is 84.7 Å². The van der Waals surface area contributed by atoms with E-state index >= 15 is 0 Å². The Kier molecular flexibility index (Phi) is 2.53. The lowest BCUT2D eigenvalue weighted by molar-refractivity contribution is 0.108. The summed E-state index contributed by atoms with van der Waals surface area (Å²) in [5.41, 5.74) is 0.730. The summed E-state index contributed by atoms with van der Waals surface area (Å²) >= 11 is 0. The molecular formula is C10H7FN2O2. The molecule has 0 unspecified atom stereocenters. The zero-order valence-electron chi connectivity index (χ0n) is 7.68. The first-order valence-corrected chi connectivity index (χ1v) is 4.30. The quantitative estimate of drug-likeness (QED) is 0.716. The van der Waals surface area contributed by atoms with Crippen molar-refractivity contribution < 1.29 is 13.7 Å². The van der Waals surface area contributed by atoms with E-state index in [0.29, 0.717) is 18.5 Å². The van der Waals surface area contributed by atoms with Crippen molar-refractivity contribution >= 4 is 6.29 Å². The SMILES string of the molecule is O=Cc1nc(Cc2cccc(F)c2)no1. The maximum Gasteiger partial charge on any atom is 0.290 e. The fourth-order valence-corrected chi connectivity index (χ4v) is 1.22. The van der Waals surface area contributed by atoms with Gasteiger partial charge in [0.2, 0.25) is 6.29 Å². The number of nitrogens with zero attached hydrogens (tertiary/aromatic N) is 2. The largest absolute Gasteiger partial charge is 0.331 e. The van der Waals surface area contributed by atoms with Gasteiger partial charge in [-0.2, -0.15) is 4.98 Å². The molecule has 0 spiro atoms. The van der Waals surface area contributed by atoms with E-state index in [1.54, 1.807) is 12.1 Å². The molecule has 0 aliphatic heterocycles. The van der Waals surface area contributed by atoms with Crippen LogP contribution in [0.3, 0.4) is 0 Å². The van der Waals surface area contributed by atoms with E-state index in [1.165, 1.54) is 12.1 Å². The molecule has 15 heavy (non-hydrogen) atoms. The van der Waals surface area contributed by atoms with Crippen LogP contribution in [0.1, 0.15) is 22.1 Å². The maximum absolute atomic E-state index is 12.8. The van der Waals surface area contributed by atoms with E-state index in [2.05, 4.69) is 14.7 Å². The van der Waals surface area contributed by atoms with Crippen LogP contribution in [0.25, 0.3) is 0 Å². The highest BCUT2D eigenvalue weighted by molar-refractivity contribution is 5.66. The number of carbonyl (C=O) groups is 1. The minimum Gasteiger partial charge on any atom is -0.331 e. The predicted molar refractivity (Wildman–Crippen MR) is 48.9 cm³/mol. The van der Waals surface area contributed by atoms with Crippen molar-refractivity contribution in [2.24, 2.45) is 0 Å². The van der Waals surface area contributed by atoms with E-state index in [9.17, 15) is 9.18 Å². The first-order chi connectivity index (χ1) is 7.28. The molecule has 1 aromatic carbocycles. The highest BCUT2D eigenvalue weighted by Crippen LogP contribution is 2.08. The lowest BCUT2D eigenvalue weighted by atomic mass is 10.1. The van der Waals surface area contributed by atoms with Crippen LogP contribution in [0, 0.1) is 5.82 Å². The maximum atomic E-state index is 12.8. The second kappa shape index (κ2) is 4.00. The highest BCUT2D eigenvalue weighted by atomic mass is 19.1. The van der Waals surface area contributed by atoms with Gasteiger partial charge in [-0.05, 0) is 17.7 Å². The summed E-state index contributed by atoms with van der Waals surface area (Å²) in [6.07, 6.45) is 0.817. The summed E-state index contributed by atoms with van der Waals surface area (Å²) < 4.78 is 17.4. The molecule has 2 aromatic rings. The summed E-state index contributed by atoms with van der Waals surface area (Å²) in [5.74, 6) is -0.0179. The second-order valence-electron chi connectivity index (χ2n) is 2.97. The Bertz CT molecular complexity index is 482. The van der Waals surface area contributed by atoms with Crippen LogP contribution in [-0.4, -0.2) is 16.4 Å². The molecular weight excluding hydrogens is 199 g/mol.